The minimum atomic E-state index is 0.456. The molecule has 106 valence electrons. The highest BCUT2D eigenvalue weighted by Gasteiger charge is 2.10. The first-order valence-corrected chi connectivity index (χ1v) is 7.05. The van der Waals surface area contributed by atoms with E-state index in [0.29, 0.717) is 11.0 Å². The summed E-state index contributed by atoms with van der Waals surface area (Å²) in [5.41, 5.74) is 4.12. The fourth-order valence-electron chi connectivity index (χ4n) is 2.38. The Bertz CT molecular complexity index is 830. The summed E-state index contributed by atoms with van der Waals surface area (Å²) in [5, 5.41) is 1.28. The van der Waals surface area contributed by atoms with E-state index < -0.39 is 0 Å². The van der Waals surface area contributed by atoms with Crippen LogP contribution in [0.15, 0.2) is 36.4 Å². The van der Waals surface area contributed by atoms with Gasteiger partial charge in [-0.2, -0.15) is 0 Å². The predicted molar refractivity (Wildman–Crippen MR) is 86.0 cm³/mol. The van der Waals surface area contributed by atoms with E-state index in [0.717, 1.165) is 27.8 Å². The second kappa shape index (κ2) is 5.34. The predicted octanol–water partition coefficient (Wildman–Crippen LogP) is 4.58. The molecule has 21 heavy (non-hydrogen) atoms. The minimum absolute atomic E-state index is 0.456. The van der Waals surface area contributed by atoms with Gasteiger partial charge in [0.2, 0.25) is 0 Å². The molecule has 0 aliphatic heterocycles. The normalized spacial score (nSPS) is 10.9. The lowest BCUT2D eigenvalue weighted by atomic mass is 10.1. The average Bonchev–Trinajstić information content (AvgIpc) is 2.46. The van der Waals surface area contributed by atoms with Crippen LogP contribution in [-0.4, -0.2) is 17.1 Å². The zero-order valence-corrected chi connectivity index (χ0v) is 12.9. The molecule has 0 fully saturated rings. The van der Waals surface area contributed by atoms with Crippen molar-refractivity contribution in [2.75, 3.05) is 7.11 Å². The molecule has 0 saturated carbocycles. The molecular weight excluding hydrogens is 284 g/mol. The van der Waals surface area contributed by atoms with Gasteiger partial charge < -0.3 is 4.74 Å². The molecule has 4 heteroatoms. The maximum atomic E-state index is 6.30. The van der Waals surface area contributed by atoms with Crippen LogP contribution in [0.4, 0.5) is 0 Å². The molecule has 0 atom stereocenters. The van der Waals surface area contributed by atoms with E-state index in [2.05, 4.69) is 35.9 Å². The first-order chi connectivity index (χ1) is 10.1. The SMILES string of the molecule is COc1ccc2c(Cl)nc(-c3ccc(C)cc3C)nc2c1. The molecule has 0 aliphatic rings. The number of aromatic nitrogens is 2. The quantitative estimate of drug-likeness (QED) is 0.650. The molecule has 2 aromatic carbocycles. The smallest absolute Gasteiger partial charge is 0.161 e. The van der Waals surface area contributed by atoms with Crippen LogP contribution in [-0.2, 0) is 0 Å². The van der Waals surface area contributed by atoms with Crippen molar-refractivity contribution in [2.24, 2.45) is 0 Å². The van der Waals surface area contributed by atoms with Gasteiger partial charge in [-0.1, -0.05) is 35.4 Å². The second-order valence-corrected chi connectivity index (χ2v) is 5.40. The van der Waals surface area contributed by atoms with E-state index >= 15 is 0 Å². The number of methoxy groups -OCH3 is 1. The van der Waals surface area contributed by atoms with Gasteiger partial charge in [-0.3, -0.25) is 0 Å². The van der Waals surface area contributed by atoms with E-state index in [-0.39, 0.29) is 0 Å². The molecule has 0 spiro atoms. The lowest BCUT2D eigenvalue weighted by Gasteiger charge is -2.09. The molecule has 3 aromatic rings. The van der Waals surface area contributed by atoms with Crippen molar-refractivity contribution in [3.8, 4) is 17.1 Å². The standard InChI is InChI=1S/C17H15ClN2O/c1-10-4-6-13(11(2)8-10)17-19-15-9-12(21-3)5-7-14(15)16(18)20-17/h4-9H,1-3H3. The lowest BCUT2D eigenvalue weighted by molar-refractivity contribution is 0.415. The maximum Gasteiger partial charge on any atom is 0.161 e. The largest absolute Gasteiger partial charge is 0.497 e. The number of halogens is 1. The van der Waals surface area contributed by atoms with Crippen LogP contribution in [0.2, 0.25) is 5.15 Å². The maximum absolute atomic E-state index is 6.30. The Labute approximate surface area is 128 Å². The number of rotatable bonds is 2. The number of benzene rings is 2. The average molecular weight is 299 g/mol. The van der Waals surface area contributed by atoms with Gasteiger partial charge >= 0.3 is 0 Å². The monoisotopic (exact) mass is 298 g/mol. The fraction of sp³-hybridized carbons (Fsp3) is 0.176. The van der Waals surface area contributed by atoms with E-state index in [4.69, 9.17) is 16.3 Å². The van der Waals surface area contributed by atoms with E-state index in [9.17, 15) is 0 Å². The summed E-state index contributed by atoms with van der Waals surface area (Å²) in [6.45, 7) is 4.12. The Morgan fingerprint density at radius 3 is 2.52 bits per heavy atom. The van der Waals surface area contributed by atoms with Crippen LogP contribution in [0.3, 0.4) is 0 Å². The molecule has 1 aromatic heterocycles. The Balaban J connectivity index is 2.23. The third-order valence-corrected chi connectivity index (χ3v) is 3.77. The second-order valence-electron chi connectivity index (χ2n) is 5.04. The van der Waals surface area contributed by atoms with Gasteiger partial charge in [0.25, 0.3) is 0 Å². The number of ether oxygens (including phenoxy) is 1. The molecule has 3 rings (SSSR count). The summed E-state index contributed by atoms with van der Waals surface area (Å²) in [5.74, 6) is 1.39. The first kappa shape index (κ1) is 13.8. The third-order valence-electron chi connectivity index (χ3n) is 3.48. The highest BCUT2D eigenvalue weighted by atomic mass is 35.5. The zero-order chi connectivity index (χ0) is 15.0. The Morgan fingerprint density at radius 2 is 1.81 bits per heavy atom. The van der Waals surface area contributed by atoms with Gasteiger partial charge in [-0.05, 0) is 31.5 Å². The summed E-state index contributed by atoms with van der Waals surface area (Å²) >= 11 is 6.30. The summed E-state index contributed by atoms with van der Waals surface area (Å²) in [6.07, 6.45) is 0. The zero-order valence-electron chi connectivity index (χ0n) is 12.1. The summed E-state index contributed by atoms with van der Waals surface area (Å²) in [6, 6.07) is 11.8. The van der Waals surface area contributed by atoms with Crippen molar-refractivity contribution < 1.29 is 4.74 Å². The highest BCUT2D eigenvalue weighted by Crippen LogP contribution is 2.29. The molecule has 3 nitrogen and oxygen atoms in total. The van der Waals surface area contributed by atoms with Crippen molar-refractivity contribution in [1.29, 1.82) is 0 Å². The number of hydrogen-bond acceptors (Lipinski definition) is 3. The van der Waals surface area contributed by atoms with E-state index in [1.54, 1.807) is 7.11 Å². The van der Waals surface area contributed by atoms with E-state index in [1.165, 1.54) is 5.56 Å². The lowest BCUT2D eigenvalue weighted by Crippen LogP contribution is -1.95. The molecule has 0 radical (unpaired) electrons. The Kier molecular flexibility index (Phi) is 3.52. The van der Waals surface area contributed by atoms with Crippen molar-refractivity contribution >= 4 is 22.5 Å². The minimum Gasteiger partial charge on any atom is -0.497 e. The first-order valence-electron chi connectivity index (χ1n) is 6.67. The van der Waals surface area contributed by atoms with Crippen molar-refractivity contribution in [1.82, 2.24) is 9.97 Å². The van der Waals surface area contributed by atoms with Crippen LogP contribution in [0.1, 0.15) is 11.1 Å². The van der Waals surface area contributed by atoms with Crippen LogP contribution < -0.4 is 4.74 Å². The van der Waals surface area contributed by atoms with Gasteiger partial charge in [0.15, 0.2) is 5.82 Å². The van der Waals surface area contributed by atoms with Crippen LogP contribution >= 0.6 is 11.6 Å². The number of nitrogens with zero attached hydrogens (tertiary/aromatic N) is 2. The molecule has 0 bridgehead atoms. The fourth-order valence-corrected chi connectivity index (χ4v) is 2.62. The Hall–Kier alpha value is -2.13. The number of hydrogen-bond donors (Lipinski definition) is 0. The summed E-state index contributed by atoms with van der Waals surface area (Å²) in [4.78, 5) is 9.06. The van der Waals surface area contributed by atoms with Gasteiger partial charge in [0.1, 0.15) is 10.9 Å². The molecule has 0 unspecified atom stereocenters. The van der Waals surface area contributed by atoms with Crippen molar-refractivity contribution in [3.63, 3.8) is 0 Å². The molecule has 1 heterocycles. The van der Waals surface area contributed by atoms with Crippen molar-refractivity contribution in [2.45, 2.75) is 13.8 Å². The summed E-state index contributed by atoms with van der Waals surface area (Å²) < 4.78 is 5.24. The topological polar surface area (TPSA) is 35.0 Å². The molecule has 0 amide bonds. The van der Waals surface area contributed by atoms with Gasteiger partial charge in [-0.25, -0.2) is 9.97 Å². The summed E-state index contributed by atoms with van der Waals surface area (Å²) in [7, 11) is 1.63. The third kappa shape index (κ3) is 2.57. The van der Waals surface area contributed by atoms with Crippen molar-refractivity contribution in [3.05, 3.63) is 52.7 Å². The van der Waals surface area contributed by atoms with Crippen LogP contribution in [0.5, 0.6) is 5.75 Å². The molecular formula is C17H15ClN2O. The Morgan fingerprint density at radius 1 is 1.00 bits per heavy atom. The van der Waals surface area contributed by atoms with Gasteiger partial charge in [-0.15, -0.1) is 0 Å². The van der Waals surface area contributed by atoms with E-state index in [1.807, 2.05) is 24.3 Å². The molecule has 0 saturated heterocycles. The van der Waals surface area contributed by atoms with Gasteiger partial charge in [0, 0.05) is 17.0 Å². The van der Waals surface area contributed by atoms with Gasteiger partial charge in [0.05, 0.1) is 12.6 Å². The number of aryl methyl sites for hydroxylation is 2. The molecule has 0 N–H and O–H groups in total. The van der Waals surface area contributed by atoms with Crippen LogP contribution in [0.25, 0.3) is 22.3 Å². The number of fused-ring (bicyclic) bond motifs is 1. The highest BCUT2D eigenvalue weighted by molar-refractivity contribution is 6.34. The van der Waals surface area contributed by atoms with Crippen LogP contribution in [0, 0.1) is 13.8 Å². The molecule has 0 aliphatic carbocycles.